The molecule has 1 aliphatic heterocycles. The quantitative estimate of drug-likeness (QED) is 0.0330. The van der Waals surface area contributed by atoms with Gasteiger partial charge in [-0.05, 0) is 12.8 Å². The van der Waals surface area contributed by atoms with Crippen molar-refractivity contribution in [1.82, 2.24) is 5.32 Å². The van der Waals surface area contributed by atoms with Gasteiger partial charge in [0.05, 0.1) is 25.4 Å². The van der Waals surface area contributed by atoms with Crippen molar-refractivity contribution in [3.63, 3.8) is 0 Å². The van der Waals surface area contributed by atoms with Crippen molar-refractivity contribution in [2.75, 3.05) is 13.2 Å². The Bertz CT molecular complexity index is 1000. The number of ether oxygens (including phenoxy) is 2. The standard InChI is InChI=1S/C57H113NO8/c1-3-5-7-9-11-13-14-15-16-17-18-19-20-21-22-23-24-25-26-27-28-29-30-31-32-33-34-35-36-37-39-41-43-45-47-53(61)58-50(51(60)46-44-42-40-38-12-10-8-6-4-2)49-65-57-56(64)55(63)54(62)52(48-59)66-57/h50-52,54-57,59-60,62-64H,3-49H2,1-2H3,(H,58,61)/t50-,51+,52+,54+,55?,56?,57+/m0/s1. The van der Waals surface area contributed by atoms with Crippen LogP contribution in [0, 0.1) is 0 Å². The fourth-order valence-electron chi connectivity index (χ4n) is 9.81. The zero-order valence-corrected chi connectivity index (χ0v) is 43.7. The molecule has 1 heterocycles. The summed E-state index contributed by atoms with van der Waals surface area (Å²) in [6.07, 6.45) is 50.4. The molecule has 0 spiro atoms. The number of unbranched alkanes of at least 4 members (excludes halogenated alkanes) is 41. The van der Waals surface area contributed by atoms with Crippen LogP contribution in [0.4, 0.5) is 0 Å². The molecule has 1 rings (SSSR count). The number of hydrogen-bond acceptors (Lipinski definition) is 8. The van der Waals surface area contributed by atoms with Gasteiger partial charge in [0.2, 0.25) is 5.91 Å². The van der Waals surface area contributed by atoms with Gasteiger partial charge in [-0.25, -0.2) is 0 Å². The molecule has 66 heavy (non-hydrogen) atoms. The molecule has 394 valence electrons. The van der Waals surface area contributed by atoms with Crippen LogP contribution >= 0.6 is 0 Å². The number of carbonyl (C=O) groups excluding carboxylic acids is 1. The van der Waals surface area contributed by atoms with Gasteiger partial charge in [-0.1, -0.05) is 284 Å². The van der Waals surface area contributed by atoms with Gasteiger partial charge >= 0.3 is 0 Å². The van der Waals surface area contributed by atoms with Crippen LogP contribution in [0.5, 0.6) is 0 Å². The van der Waals surface area contributed by atoms with E-state index in [-0.39, 0.29) is 12.5 Å². The minimum absolute atomic E-state index is 0.132. The van der Waals surface area contributed by atoms with E-state index in [9.17, 15) is 30.3 Å². The van der Waals surface area contributed by atoms with Crippen molar-refractivity contribution < 1.29 is 39.8 Å². The molecule has 0 aromatic carbocycles. The molecule has 6 N–H and O–H groups in total. The molecule has 0 bridgehead atoms. The van der Waals surface area contributed by atoms with Crippen LogP contribution in [0.3, 0.4) is 0 Å². The first-order valence-corrected chi connectivity index (χ1v) is 29.2. The molecule has 0 aromatic heterocycles. The van der Waals surface area contributed by atoms with Crippen molar-refractivity contribution in [2.45, 2.75) is 346 Å². The number of hydrogen-bond donors (Lipinski definition) is 6. The molecule has 1 fully saturated rings. The van der Waals surface area contributed by atoms with E-state index in [0.717, 1.165) is 38.5 Å². The highest BCUT2D eigenvalue weighted by Gasteiger charge is 2.44. The van der Waals surface area contributed by atoms with Crippen molar-refractivity contribution >= 4 is 5.91 Å². The van der Waals surface area contributed by atoms with Crippen LogP contribution in [0.15, 0.2) is 0 Å². The molecular formula is C57H113NO8. The first-order chi connectivity index (χ1) is 32.3. The van der Waals surface area contributed by atoms with Gasteiger partial charge in [0, 0.05) is 6.42 Å². The molecule has 0 aromatic rings. The average molecular weight is 941 g/mol. The van der Waals surface area contributed by atoms with Crippen LogP contribution < -0.4 is 5.32 Å². The van der Waals surface area contributed by atoms with Gasteiger partial charge in [-0.2, -0.15) is 0 Å². The second kappa shape index (κ2) is 47.8. The third kappa shape index (κ3) is 37.1. The van der Waals surface area contributed by atoms with E-state index in [1.807, 2.05) is 0 Å². The summed E-state index contributed by atoms with van der Waals surface area (Å²) in [6.45, 7) is 3.84. The summed E-state index contributed by atoms with van der Waals surface area (Å²) in [7, 11) is 0. The molecule has 1 amide bonds. The van der Waals surface area contributed by atoms with Gasteiger partial charge in [0.25, 0.3) is 0 Å². The second-order valence-corrected chi connectivity index (χ2v) is 20.8. The van der Waals surface area contributed by atoms with Gasteiger partial charge in [0.1, 0.15) is 24.4 Å². The van der Waals surface area contributed by atoms with Gasteiger partial charge in [-0.15, -0.1) is 0 Å². The average Bonchev–Trinajstić information content (AvgIpc) is 3.32. The highest BCUT2D eigenvalue weighted by atomic mass is 16.7. The Hall–Kier alpha value is -0.810. The van der Waals surface area contributed by atoms with Gasteiger partial charge in [0.15, 0.2) is 6.29 Å². The van der Waals surface area contributed by atoms with Crippen LogP contribution in [0.2, 0.25) is 0 Å². The normalized spacial score (nSPS) is 19.7. The number of carbonyl (C=O) groups is 1. The van der Waals surface area contributed by atoms with Crippen LogP contribution in [0.25, 0.3) is 0 Å². The lowest BCUT2D eigenvalue weighted by Gasteiger charge is -2.40. The molecule has 9 heteroatoms. The van der Waals surface area contributed by atoms with E-state index >= 15 is 0 Å². The summed E-state index contributed by atoms with van der Waals surface area (Å²) in [4.78, 5) is 13.0. The summed E-state index contributed by atoms with van der Waals surface area (Å²) in [6, 6.07) is -0.711. The minimum atomic E-state index is -1.55. The monoisotopic (exact) mass is 940 g/mol. The number of amides is 1. The van der Waals surface area contributed by atoms with E-state index in [2.05, 4.69) is 19.2 Å². The Balaban J connectivity index is 2.01. The molecule has 0 saturated carbocycles. The molecule has 2 unspecified atom stereocenters. The predicted molar refractivity (Wildman–Crippen MR) is 277 cm³/mol. The maximum Gasteiger partial charge on any atom is 0.220 e. The Morgan fingerprint density at radius 1 is 0.455 bits per heavy atom. The lowest BCUT2D eigenvalue weighted by Crippen LogP contribution is -2.60. The fourth-order valence-corrected chi connectivity index (χ4v) is 9.81. The molecule has 1 aliphatic rings. The van der Waals surface area contributed by atoms with Crippen molar-refractivity contribution in [3.05, 3.63) is 0 Å². The summed E-state index contributed by atoms with van der Waals surface area (Å²) < 4.78 is 11.3. The molecule has 1 saturated heterocycles. The minimum Gasteiger partial charge on any atom is -0.394 e. The maximum atomic E-state index is 13.0. The number of rotatable bonds is 51. The smallest absolute Gasteiger partial charge is 0.220 e. The first-order valence-electron chi connectivity index (χ1n) is 29.2. The van der Waals surface area contributed by atoms with E-state index < -0.39 is 49.5 Å². The summed E-state index contributed by atoms with van der Waals surface area (Å²) in [5.41, 5.74) is 0. The topological polar surface area (TPSA) is 149 Å². The van der Waals surface area contributed by atoms with E-state index in [1.165, 1.54) is 238 Å². The van der Waals surface area contributed by atoms with Crippen LogP contribution in [-0.2, 0) is 14.3 Å². The molecule has 7 atom stereocenters. The summed E-state index contributed by atoms with van der Waals surface area (Å²) >= 11 is 0. The zero-order valence-electron chi connectivity index (χ0n) is 43.7. The Morgan fingerprint density at radius 2 is 0.758 bits per heavy atom. The summed E-state index contributed by atoms with van der Waals surface area (Å²) in [5, 5.41) is 54.4. The van der Waals surface area contributed by atoms with E-state index in [0.29, 0.717) is 12.8 Å². The van der Waals surface area contributed by atoms with E-state index in [1.54, 1.807) is 0 Å². The lowest BCUT2D eigenvalue weighted by molar-refractivity contribution is -0.302. The third-order valence-electron chi connectivity index (χ3n) is 14.5. The zero-order chi connectivity index (χ0) is 48.0. The van der Waals surface area contributed by atoms with Crippen molar-refractivity contribution in [1.29, 1.82) is 0 Å². The van der Waals surface area contributed by atoms with Crippen LogP contribution in [0.1, 0.15) is 303 Å². The largest absolute Gasteiger partial charge is 0.394 e. The van der Waals surface area contributed by atoms with Gasteiger partial charge < -0.3 is 40.3 Å². The Labute approximate surface area is 408 Å². The highest BCUT2D eigenvalue weighted by molar-refractivity contribution is 5.76. The number of aliphatic hydroxyl groups is 5. The molecule has 0 radical (unpaired) electrons. The Kier molecular flexibility index (Phi) is 45.8. The van der Waals surface area contributed by atoms with Crippen molar-refractivity contribution in [3.8, 4) is 0 Å². The number of nitrogens with one attached hydrogen (secondary N) is 1. The predicted octanol–water partition coefficient (Wildman–Crippen LogP) is 14.2. The SMILES string of the molecule is CCCCCCCCCCCCCCCCCCCCCCCCCCCCCCCCCCCCC(=O)N[C@@H](CO[C@@H]1O[C@H](CO)[C@@H](O)C(O)C1O)[C@H](O)CCCCCCCCCCC. The number of aliphatic hydroxyl groups excluding tert-OH is 5. The lowest BCUT2D eigenvalue weighted by atomic mass is 9.99. The molecular weight excluding hydrogens is 827 g/mol. The van der Waals surface area contributed by atoms with E-state index in [4.69, 9.17) is 9.47 Å². The maximum absolute atomic E-state index is 13.0. The second-order valence-electron chi connectivity index (χ2n) is 20.8. The third-order valence-corrected chi connectivity index (χ3v) is 14.5. The summed E-state index contributed by atoms with van der Waals surface area (Å²) in [5.74, 6) is -0.139. The molecule has 0 aliphatic carbocycles. The highest BCUT2D eigenvalue weighted by Crippen LogP contribution is 2.23. The van der Waals surface area contributed by atoms with Gasteiger partial charge in [-0.3, -0.25) is 4.79 Å². The van der Waals surface area contributed by atoms with Crippen LogP contribution in [-0.4, -0.2) is 87.5 Å². The molecule has 9 nitrogen and oxygen atoms in total. The van der Waals surface area contributed by atoms with Crippen molar-refractivity contribution in [2.24, 2.45) is 0 Å². The fraction of sp³-hybridized carbons (Fsp3) is 0.982. The first kappa shape index (κ1) is 63.2. The Morgan fingerprint density at radius 3 is 1.08 bits per heavy atom.